The van der Waals surface area contributed by atoms with Gasteiger partial charge in [0.1, 0.15) is 0 Å². The van der Waals surface area contributed by atoms with E-state index in [2.05, 4.69) is 20.3 Å². The third-order valence-electron chi connectivity index (χ3n) is 3.31. The van der Waals surface area contributed by atoms with Crippen molar-refractivity contribution in [2.45, 2.75) is 25.4 Å². The molecule has 0 bridgehead atoms. The number of rotatable bonds is 5. The zero-order valence-corrected chi connectivity index (χ0v) is 12.4. The SMILES string of the molecule is CCC(CNC(=O)Nc1cc(C(F)(F)F)no1)c1ccccc1. The molecule has 0 aliphatic rings. The zero-order chi connectivity index (χ0) is 16.9. The molecule has 1 heterocycles. The minimum absolute atomic E-state index is 0.113. The van der Waals surface area contributed by atoms with Crippen LogP contribution < -0.4 is 10.6 Å². The van der Waals surface area contributed by atoms with E-state index in [0.29, 0.717) is 12.6 Å². The van der Waals surface area contributed by atoms with Crippen molar-refractivity contribution in [3.8, 4) is 0 Å². The quantitative estimate of drug-likeness (QED) is 0.872. The molecule has 2 aromatic rings. The third-order valence-corrected chi connectivity index (χ3v) is 3.31. The maximum atomic E-state index is 12.4. The van der Waals surface area contributed by atoms with Crippen LogP contribution in [0.1, 0.15) is 30.5 Å². The monoisotopic (exact) mass is 327 g/mol. The number of amides is 2. The second-order valence-corrected chi connectivity index (χ2v) is 4.93. The van der Waals surface area contributed by atoms with Gasteiger partial charge in [0.2, 0.25) is 5.88 Å². The predicted molar refractivity (Wildman–Crippen MR) is 78.0 cm³/mol. The summed E-state index contributed by atoms with van der Waals surface area (Å²) in [6.07, 6.45) is -3.80. The molecule has 0 radical (unpaired) electrons. The summed E-state index contributed by atoms with van der Waals surface area (Å²) in [4.78, 5) is 11.7. The highest BCUT2D eigenvalue weighted by atomic mass is 19.4. The first-order valence-electron chi connectivity index (χ1n) is 7.04. The Morgan fingerprint density at radius 3 is 2.57 bits per heavy atom. The van der Waals surface area contributed by atoms with E-state index in [1.54, 1.807) is 0 Å². The molecular weight excluding hydrogens is 311 g/mol. The summed E-state index contributed by atoms with van der Waals surface area (Å²) in [5.41, 5.74) is -0.113. The highest BCUT2D eigenvalue weighted by Gasteiger charge is 2.35. The van der Waals surface area contributed by atoms with Gasteiger partial charge in [-0.3, -0.25) is 5.32 Å². The van der Waals surface area contributed by atoms with Crippen LogP contribution >= 0.6 is 0 Å². The van der Waals surface area contributed by atoms with Crippen LogP contribution in [0.15, 0.2) is 40.9 Å². The lowest BCUT2D eigenvalue weighted by molar-refractivity contribution is -0.142. The molecule has 2 amide bonds. The van der Waals surface area contributed by atoms with Gasteiger partial charge in [-0.25, -0.2) is 4.79 Å². The van der Waals surface area contributed by atoms with Gasteiger partial charge in [-0.1, -0.05) is 42.4 Å². The second-order valence-electron chi connectivity index (χ2n) is 4.93. The van der Waals surface area contributed by atoms with E-state index in [-0.39, 0.29) is 11.8 Å². The summed E-state index contributed by atoms with van der Waals surface area (Å²) >= 11 is 0. The van der Waals surface area contributed by atoms with Crippen molar-refractivity contribution < 1.29 is 22.5 Å². The van der Waals surface area contributed by atoms with E-state index < -0.39 is 17.9 Å². The number of hydrogen-bond donors (Lipinski definition) is 2. The van der Waals surface area contributed by atoms with E-state index in [1.807, 2.05) is 37.3 Å². The van der Waals surface area contributed by atoms with Crippen LogP contribution in [0.25, 0.3) is 0 Å². The fourth-order valence-electron chi connectivity index (χ4n) is 2.06. The Balaban J connectivity index is 1.88. The Labute approximate surface area is 130 Å². The summed E-state index contributed by atoms with van der Waals surface area (Å²) < 4.78 is 41.6. The lowest BCUT2D eigenvalue weighted by Gasteiger charge is -2.16. The van der Waals surface area contributed by atoms with Gasteiger partial charge in [0.05, 0.1) is 0 Å². The topological polar surface area (TPSA) is 67.2 Å². The van der Waals surface area contributed by atoms with Crippen LogP contribution in [-0.4, -0.2) is 17.7 Å². The number of urea groups is 1. The molecule has 2 N–H and O–H groups in total. The van der Waals surface area contributed by atoms with Crippen molar-refractivity contribution in [3.05, 3.63) is 47.7 Å². The zero-order valence-electron chi connectivity index (χ0n) is 12.4. The van der Waals surface area contributed by atoms with Crippen LogP contribution in [0.5, 0.6) is 0 Å². The van der Waals surface area contributed by atoms with E-state index >= 15 is 0 Å². The molecule has 1 aromatic heterocycles. The minimum atomic E-state index is -4.61. The normalized spacial score (nSPS) is 12.7. The molecule has 0 saturated heterocycles. The molecular formula is C15H16F3N3O2. The van der Waals surface area contributed by atoms with Crippen molar-refractivity contribution in [3.63, 3.8) is 0 Å². The summed E-state index contributed by atoms with van der Waals surface area (Å²) in [5, 5.41) is 7.65. The summed E-state index contributed by atoms with van der Waals surface area (Å²) in [7, 11) is 0. The largest absolute Gasteiger partial charge is 0.436 e. The first-order chi connectivity index (χ1) is 10.9. The lowest BCUT2D eigenvalue weighted by atomic mass is 9.97. The summed E-state index contributed by atoms with van der Waals surface area (Å²) in [5.74, 6) is -0.245. The van der Waals surface area contributed by atoms with E-state index in [0.717, 1.165) is 12.0 Å². The molecule has 23 heavy (non-hydrogen) atoms. The summed E-state index contributed by atoms with van der Waals surface area (Å²) in [6.45, 7) is 2.34. The number of nitrogens with zero attached hydrogens (tertiary/aromatic N) is 1. The molecule has 0 saturated carbocycles. The lowest BCUT2D eigenvalue weighted by Crippen LogP contribution is -2.32. The van der Waals surface area contributed by atoms with Crippen molar-refractivity contribution in [2.75, 3.05) is 11.9 Å². The van der Waals surface area contributed by atoms with Crippen LogP contribution in [0.4, 0.5) is 23.8 Å². The molecule has 1 unspecified atom stereocenters. The van der Waals surface area contributed by atoms with Crippen LogP contribution in [0.3, 0.4) is 0 Å². The number of anilines is 1. The van der Waals surface area contributed by atoms with E-state index in [4.69, 9.17) is 0 Å². The Kier molecular flexibility index (Phi) is 5.25. The Morgan fingerprint density at radius 1 is 1.30 bits per heavy atom. The van der Waals surface area contributed by atoms with Crippen LogP contribution in [0.2, 0.25) is 0 Å². The van der Waals surface area contributed by atoms with Gasteiger partial charge in [0.15, 0.2) is 5.69 Å². The Hall–Kier alpha value is -2.51. The molecule has 0 spiro atoms. The maximum Gasteiger partial charge on any atom is 0.436 e. The fourth-order valence-corrected chi connectivity index (χ4v) is 2.06. The van der Waals surface area contributed by atoms with Crippen molar-refractivity contribution in [1.82, 2.24) is 10.5 Å². The van der Waals surface area contributed by atoms with Gasteiger partial charge in [-0.15, -0.1) is 0 Å². The van der Waals surface area contributed by atoms with Crippen molar-refractivity contribution >= 4 is 11.9 Å². The smallest absolute Gasteiger partial charge is 0.338 e. The standard InChI is InChI=1S/C15H16F3N3O2/c1-2-10(11-6-4-3-5-7-11)9-19-14(22)20-13-8-12(21-23-13)15(16,17)18/h3-8,10H,2,9H2,1H3,(H2,19,20,22). The number of carbonyl (C=O) groups is 1. The average molecular weight is 327 g/mol. The average Bonchev–Trinajstić information content (AvgIpc) is 2.97. The van der Waals surface area contributed by atoms with Gasteiger partial charge in [0, 0.05) is 18.5 Å². The molecule has 0 aliphatic heterocycles. The highest BCUT2D eigenvalue weighted by Crippen LogP contribution is 2.29. The fraction of sp³-hybridized carbons (Fsp3) is 0.333. The van der Waals surface area contributed by atoms with Gasteiger partial charge in [0.25, 0.3) is 0 Å². The van der Waals surface area contributed by atoms with Crippen molar-refractivity contribution in [2.24, 2.45) is 0 Å². The van der Waals surface area contributed by atoms with Gasteiger partial charge >= 0.3 is 12.2 Å². The molecule has 1 aromatic carbocycles. The maximum absolute atomic E-state index is 12.4. The number of carbonyl (C=O) groups excluding carboxylic acids is 1. The number of hydrogen-bond acceptors (Lipinski definition) is 3. The second kappa shape index (κ2) is 7.17. The number of aromatic nitrogens is 1. The number of halogens is 3. The van der Waals surface area contributed by atoms with Crippen LogP contribution in [0, 0.1) is 0 Å². The van der Waals surface area contributed by atoms with Gasteiger partial charge < -0.3 is 9.84 Å². The van der Waals surface area contributed by atoms with E-state index in [9.17, 15) is 18.0 Å². The van der Waals surface area contributed by atoms with Gasteiger partial charge in [-0.05, 0) is 12.0 Å². The molecule has 0 aliphatic carbocycles. The predicted octanol–water partition coefficient (Wildman–Crippen LogP) is 4.01. The molecule has 2 rings (SSSR count). The first-order valence-corrected chi connectivity index (χ1v) is 7.04. The van der Waals surface area contributed by atoms with Gasteiger partial charge in [-0.2, -0.15) is 13.2 Å². The molecule has 0 fully saturated rings. The number of nitrogens with one attached hydrogen (secondary N) is 2. The molecule has 124 valence electrons. The molecule has 1 atom stereocenters. The third kappa shape index (κ3) is 4.73. The number of alkyl halides is 3. The van der Waals surface area contributed by atoms with Crippen molar-refractivity contribution in [1.29, 1.82) is 0 Å². The Morgan fingerprint density at radius 2 is 2.00 bits per heavy atom. The highest BCUT2D eigenvalue weighted by molar-refractivity contribution is 5.87. The minimum Gasteiger partial charge on any atom is -0.338 e. The molecule has 5 nitrogen and oxygen atoms in total. The van der Waals surface area contributed by atoms with E-state index in [1.165, 1.54) is 0 Å². The molecule has 8 heteroatoms. The first kappa shape index (κ1) is 16.9. The summed E-state index contributed by atoms with van der Waals surface area (Å²) in [6, 6.07) is 9.62. The Bertz CT molecular complexity index is 641. The van der Waals surface area contributed by atoms with Crippen LogP contribution in [-0.2, 0) is 6.18 Å². The number of benzene rings is 1.